The second-order valence-electron chi connectivity index (χ2n) is 6.21. The standard InChI is InChI=1S/C18H19N3O2S/c1-11-6-7-16(24-11)17-19-14-5-3-2-4-13(14)18(20-17)21-8-12(10-22)15(23)9-21/h2-7,12,15,22-23H,8-10H2,1H3. The number of β-amino-alcohol motifs (C(OH)–C–C–N with tert-alkyl or cyclic N) is 1. The SMILES string of the molecule is Cc1ccc(-c2nc(N3CC(O)C(CO)C3)c3ccccc3n2)s1. The number of rotatable bonds is 3. The number of hydrogen-bond donors (Lipinski definition) is 2. The zero-order chi connectivity index (χ0) is 16.7. The molecule has 2 unspecified atom stereocenters. The Labute approximate surface area is 144 Å². The lowest BCUT2D eigenvalue weighted by Crippen LogP contribution is -2.22. The highest BCUT2D eigenvalue weighted by Crippen LogP contribution is 2.33. The molecule has 0 spiro atoms. The predicted octanol–water partition coefficient (Wildman–Crippen LogP) is 2.46. The molecule has 3 heterocycles. The molecular formula is C18H19N3O2S. The highest BCUT2D eigenvalue weighted by atomic mass is 32.1. The highest BCUT2D eigenvalue weighted by Gasteiger charge is 2.32. The monoisotopic (exact) mass is 341 g/mol. The Morgan fingerprint density at radius 3 is 2.71 bits per heavy atom. The number of nitrogens with zero attached hydrogens (tertiary/aromatic N) is 3. The van der Waals surface area contributed by atoms with Crippen molar-refractivity contribution in [2.45, 2.75) is 13.0 Å². The van der Waals surface area contributed by atoms with Gasteiger partial charge in [0.25, 0.3) is 0 Å². The van der Waals surface area contributed by atoms with Crippen molar-refractivity contribution >= 4 is 28.1 Å². The number of para-hydroxylation sites is 1. The summed E-state index contributed by atoms with van der Waals surface area (Å²) in [6.07, 6.45) is -0.531. The predicted molar refractivity (Wildman–Crippen MR) is 96.4 cm³/mol. The second-order valence-corrected chi connectivity index (χ2v) is 7.50. The average Bonchev–Trinajstić information content (AvgIpc) is 3.19. The average molecular weight is 341 g/mol. The Balaban J connectivity index is 1.84. The molecule has 1 saturated heterocycles. The highest BCUT2D eigenvalue weighted by molar-refractivity contribution is 7.15. The molecule has 1 fully saturated rings. The van der Waals surface area contributed by atoms with E-state index in [4.69, 9.17) is 9.97 Å². The van der Waals surface area contributed by atoms with E-state index in [-0.39, 0.29) is 12.5 Å². The number of aromatic nitrogens is 2. The third-order valence-electron chi connectivity index (χ3n) is 4.48. The fourth-order valence-corrected chi connectivity index (χ4v) is 3.97. The van der Waals surface area contributed by atoms with Crippen molar-refractivity contribution in [1.82, 2.24) is 9.97 Å². The lowest BCUT2D eigenvalue weighted by Gasteiger charge is -2.19. The summed E-state index contributed by atoms with van der Waals surface area (Å²) in [4.78, 5) is 13.8. The summed E-state index contributed by atoms with van der Waals surface area (Å²) in [5.74, 6) is 1.41. The van der Waals surface area contributed by atoms with Gasteiger partial charge in [0, 0.05) is 29.3 Å². The molecule has 0 radical (unpaired) electrons. The van der Waals surface area contributed by atoms with Gasteiger partial charge in [0.15, 0.2) is 5.82 Å². The van der Waals surface area contributed by atoms with E-state index < -0.39 is 6.10 Å². The van der Waals surface area contributed by atoms with Gasteiger partial charge in [0.05, 0.1) is 23.1 Å². The van der Waals surface area contributed by atoms with Gasteiger partial charge < -0.3 is 15.1 Å². The zero-order valence-corrected chi connectivity index (χ0v) is 14.2. The molecule has 24 heavy (non-hydrogen) atoms. The van der Waals surface area contributed by atoms with Crippen LogP contribution in [0.2, 0.25) is 0 Å². The van der Waals surface area contributed by atoms with Gasteiger partial charge in [-0.1, -0.05) is 12.1 Å². The summed E-state index contributed by atoms with van der Waals surface area (Å²) in [6.45, 7) is 3.13. The molecule has 1 aliphatic rings. The molecule has 5 nitrogen and oxygen atoms in total. The minimum atomic E-state index is -0.531. The van der Waals surface area contributed by atoms with E-state index in [1.165, 1.54) is 4.88 Å². The summed E-state index contributed by atoms with van der Waals surface area (Å²) in [7, 11) is 0. The van der Waals surface area contributed by atoms with E-state index in [0.29, 0.717) is 18.9 Å². The van der Waals surface area contributed by atoms with Gasteiger partial charge >= 0.3 is 0 Å². The Kier molecular flexibility index (Phi) is 3.96. The lowest BCUT2D eigenvalue weighted by molar-refractivity contribution is 0.104. The normalized spacial score (nSPS) is 20.9. The van der Waals surface area contributed by atoms with Crippen LogP contribution in [-0.2, 0) is 0 Å². The zero-order valence-electron chi connectivity index (χ0n) is 13.4. The number of benzene rings is 1. The van der Waals surface area contributed by atoms with Crippen LogP contribution in [0.4, 0.5) is 5.82 Å². The van der Waals surface area contributed by atoms with Gasteiger partial charge in [-0.15, -0.1) is 11.3 Å². The molecule has 6 heteroatoms. The minimum Gasteiger partial charge on any atom is -0.396 e. The van der Waals surface area contributed by atoms with Gasteiger partial charge in [-0.2, -0.15) is 0 Å². The molecule has 0 saturated carbocycles. The third-order valence-corrected chi connectivity index (χ3v) is 5.48. The molecule has 0 amide bonds. The van der Waals surface area contributed by atoms with Crippen LogP contribution in [0.3, 0.4) is 0 Å². The van der Waals surface area contributed by atoms with Gasteiger partial charge in [-0.25, -0.2) is 9.97 Å². The van der Waals surface area contributed by atoms with Crippen molar-refractivity contribution in [3.05, 3.63) is 41.3 Å². The smallest absolute Gasteiger partial charge is 0.172 e. The van der Waals surface area contributed by atoms with Crippen molar-refractivity contribution < 1.29 is 10.2 Å². The van der Waals surface area contributed by atoms with Crippen LogP contribution in [0.5, 0.6) is 0 Å². The summed E-state index contributed by atoms with van der Waals surface area (Å²) >= 11 is 1.67. The fourth-order valence-electron chi connectivity index (χ4n) is 3.17. The molecule has 0 aliphatic carbocycles. The molecule has 124 valence electrons. The number of aryl methyl sites for hydroxylation is 1. The van der Waals surface area contributed by atoms with Crippen molar-refractivity contribution in [2.24, 2.45) is 5.92 Å². The number of fused-ring (bicyclic) bond motifs is 1. The maximum Gasteiger partial charge on any atom is 0.172 e. The van der Waals surface area contributed by atoms with Crippen molar-refractivity contribution in [2.75, 3.05) is 24.6 Å². The summed E-state index contributed by atoms with van der Waals surface area (Å²) in [6, 6.07) is 12.0. The summed E-state index contributed by atoms with van der Waals surface area (Å²) in [5.41, 5.74) is 0.894. The van der Waals surface area contributed by atoms with E-state index in [1.807, 2.05) is 30.3 Å². The van der Waals surface area contributed by atoms with Crippen LogP contribution in [0, 0.1) is 12.8 Å². The number of aliphatic hydroxyl groups is 2. The minimum absolute atomic E-state index is 0.0162. The van der Waals surface area contributed by atoms with Gasteiger partial charge in [0.2, 0.25) is 0 Å². The third kappa shape index (κ3) is 2.66. The first kappa shape index (κ1) is 15.5. The van der Waals surface area contributed by atoms with E-state index in [9.17, 15) is 10.2 Å². The van der Waals surface area contributed by atoms with E-state index in [2.05, 4.69) is 17.9 Å². The van der Waals surface area contributed by atoms with E-state index in [0.717, 1.165) is 21.6 Å². The molecule has 4 rings (SSSR count). The number of thiophene rings is 1. The Bertz CT molecular complexity index is 880. The Hall–Kier alpha value is -2.02. The van der Waals surface area contributed by atoms with E-state index in [1.54, 1.807) is 11.3 Å². The van der Waals surface area contributed by atoms with Crippen LogP contribution < -0.4 is 4.90 Å². The number of aliphatic hydroxyl groups excluding tert-OH is 2. The van der Waals surface area contributed by atoms with Crippen LogP contribution >= 0.6 is 11.3 Å². The second kappa shape index (κ2) is 6.12. The maximum absolute atomic E-state index is 10.1. The maximum atomic E-state index is 10.1. The molecule has 2 N–H and O–H groups in total. The Morgan fingerprint density at radius 2 is 2.00 bits per heavy atom. The molecule has 2 atom stereocenters. The lowest BCUT2D eigenvalue weighted by atomic mass is 10.1. The largest absolute Gasteiger partial charge is 0.396 e. The first-order chi connectivity index (χ1) is 11.7. The van der Waals surface area contributed by atoms with Crippen molar-refractivity contribution in [3.8, 4) is 10.7 Å². The topological polar surface area (TPSA) is 69.5 Å². The molecular weight excluding hydrogens is 322 g/mol. The van der Waals surface area contributed by atoms with E-state index >= 15 is 0 Å². The summed E-state index contributed by atoms with van der Waals surface area (Å²) in [5, 5.41) is 20.5. The molecule has 1 aliphatic heterocycles. The van der Waals surface area contributed by atoms with Crippen LogP contribution in [-0.4, -0.2) is 46.0 Å². The van der Waals surface area contributed by atoms with Crippen LogP contribution in [0.25, 0.3) is 21.6 Å². The van der Waals surface area contributed by atoms with Crippen molar-refractivity contribution in [3.63, 3.8) is 0 Å². The fraction of sp³-hybridized carbons (Fsp3) is 0.333. The molecule has 3 aromatic rings. The first-order valence-electron chi connectivity index (χ1n) is 8.03. The molecule has 2 aromatic heterocycles. The van der Waals surface area contributed by atoms with Crippen molar-refractivity contribution in [1.29, 1.82) is 0 Å². The van der Waals surface area contributed by atoms with Crippen LogP contribution in [0.1, 0.15) is 4.88 Å². The Morgan fingerprint density at radius 1 is 1.17 bits per heavy atom. The number of hydrogen-bond acceptors (Lipinski definition) is 6. The quantitative estimate of drug-likeness (QED) is 0.766. The molecule has 0 bridgehead atoms. The molecule has 1 aromatic carbocycles. The van der Waals surface area contributed by atoms with Gasteiger partial charge in [0.1, 0.15) is 5.82 Å². The summed E-state index contributed by atoms with van der Waals surface area (Å²) < 4.78 is 0. The van der Waals surface area contributed by atoms with Crippen LogP contribution in [0.15, 0.2) is 36.4 Å². The first-order valence-corrected chi connectivity index (χ1v) is 8.85. The van der Waals surface area contributed by atoms with Gasteiger partial charge in [-0.05, 0) is 31.2 Å². The van der Waals surface area contributed by atoms with Gasteiger partial charge in [-0.3, -0.25) is 0 Å². The number of anilines is 1.